The largest absolute Gasteiger partial charge is 0.496 e. The molecule has 2 rings (SSSR count). The van der Waals surface area contributed by atoms with Gasteiger partial charge in [-0.2, -0.15) is 0 Å². The van der Waals surface area contributed by atoms with Crippen molar-refractivity contribution in [3.05, 3.63) is 41.2 Å². The molecule has 0 bridgehead atoms. The Morgan fingerprint density at radius 1 is 0.885 bits per heavy atom. The molecule has 8 heteroatoms. The minimum Gasteiger partial charge on any atom is -0.496 e. The maximum Gasteiger partial charge on any atom is 0.338 e. The molecule has 2 aromatic rings. The first-order valence-electron chi connectivity index (χ1n) is 7.54. The van der Waals surface area contributed by atoms with Crippen LogP contribution in [0.2, 0.25) is 0 Å². The van der Waals surface area contributed by atoms with Crippen molar-refractivity contribution in [2.45, 2.75) is 6.92 Å². The molecule has 0 radical (unpaired) electrons. The Morgan fingerprint density at radius 3 is 1.92 bits per heavy atom. The van der Waals surface area contributed by atoms with Gasteiger partial charge in [0.25, 0.3) is 0 Å². The molecule has 0 saturated carbocycles. The fourth-order valence-electron chi connectivity index (χ4n) is 2.46. The molecule has 0 fully saturated rings. The second kappa shape index (κ2) is 7.99. The van der Waals surface area contributed by atoms with E-state index in [-0.39, 0.29) is 23.7 Å². The molecular formula is C18H17F3O5. The van der Waals surface area contributed by atoms with Crippen LogP contribution in [-0.2, 0) is 4.74 Å². The van der Waals surface area contributed by atoms with E-state index in [1.807, 2.05) is 0 Å². The number of methoxy groups -OCH3 is 3. The third kappa shape index (κ3) is 3.40. The monoisotopic (exact) mass is 370 g/mol. The van der Waals surface area contributed by atoms with E-state index in [2.05, 4.69) is 0 Å². The SMILES string of the molecule is CCOC(=O)c1cc(F)c(F)c(F)c1-c1c(OC)cc(OC)cc1OC. The summed E-state index contributed by atoms with van der Waals surface area (Å²) in [6.07, 6.45) is 0. The fourth-order valence-corrected chi connectivity index (χ4v) is 2.46. The molecule has 0 unspecified atom stereocenters. The highest BCUT2D eigenvalue weighted by Crippen LogP contribution is 2.45. The number of carbonyl (C=O) groups excluding carboxylic acids is 1. The van der Waals surface area contributed by atoms with E-state index < -0.39 is 34.5 Å². The minimum atomic E-state index is -1.73. The zero-order valence-electron chi connectivity index (χ0n) is 14.6. The van der Waals surface area contributed by atoms with Gasteiger partial charge >= 0.3 is 5.97 Å². The van der Waals surface area contributed by atoms with Crippen LogP contribution in [0.1, 0.15) is 17.3 Å². The lowest BCUT2D eigenvalue weighted by atomic mass is 9.96. The molecule has 0 aliphatic carbocycles. The van der Waals surface area contributed by atoms with E-state index in [4.69, 9.17) is 18.9 Å². The van der Waals surface area contributed by atoms with Crippen LogP contribution < -0.4 is 14.2 Å². The van der Waals surface area contributed by atoms with Crippen molar-refractivity contribution >= 4 is 5.97 Å². The van der Waals surface area contributed by atoms with Crippen LogP contribution in [0.5, 0.6) is 17.2 Å². The molecule has 0 amide bonds. The van der Waals surface area contributed by atoms with Gasteiger partial charge in [0, 0.05) is 17.7 Å². The number of hydrogen-bond acceptors (Lipinski definition) is 5. The lowest BCUT2D eigenvalue weighted by Gasteiger charge is -2.18. The zero-order chi connectivity index (χ0) is 19.4. The van der Waals surface area contributed by atoms with Gasteiger partial charge in [-0.15, -0.1) is 0 Å². The van der Waals surface area contributed by atoms with Crippen LogP contribution in [0, 0.1) is 17.5 Å². The van der Waals surface area contributed by atoms with Crippen molar-refractivity contribution in [2.24, 2.45) is 0 Å². The fraction of sp³-hybridized carbons (Fsp3) is 0.278. The van der Waals surface area contributed by atoms with E-state index in [1.54, 1.807) is 0 Å². The summed E-state index contributed by atoms with van der Waals surface area (Å²) in [5, 5.41) is 0. The molecule has 0 N–H and O–H groups in total. The van der Waals surface area contributed by atoms with E-state index in [0.717, 1.165) is 0 Å². The lowest BCUT2D eigenvalue weighted by molar-refractivity contribution is 0.0526. The van der Waals surface area contributed by atoms with Gasteiger partial charge in [-0.05, 0) is 13.0 Å². The van der Waals surface area contributed by atoms with Crippen LogP contribution >= 0.6 is 0 Å². The first-order valence-corrected chi connectivity index (χ1v) is 7.54. The second-order valence-corrected chi connectivity index (χ2v) is 5.04. The van der Waals surface area contributed by atoms with Crippen molar-refractivity contribution in [3.63, 3.8) is 0 Å². The third-order valence-corrected chi connectivity index (χ3v) is 3.62. The van der Waals surface area contributed by atoms with Gasteiger partial charge in [-0.3, -0.25) is 0 Å². The molecule has 0 heterocycles. The summed E-state index contributed by atoms with van der Waals surface area (Å²) in [6, 6.07) is 3.37. The topological polar surface area (TPSA) is 54.0 Å². The molecule has 0 saturated heterocycles. The highest BCUT2D eigenvalue weighted by atomic mass is 19.2. The van der Waals surface area contributed by atoms with Gasteiger partial charge in [0.1, 0.15) is 17.2 Å². The Labute approximate surface area is 148 Å². The Morgan fingerprint density at radius 2 is 1.46 bits per heavy atom. The first-order chi connectivity index (χ1) is 12.4. The van der Waals surface area contributed by atoms with E-state index in [1.165, 1.54) is 40.4 Å². The average molecular weight is 370 g/mol. The standard InChI is InChI=1S/C18H17F3O5/c1-5-26-18(22)10-8-11(19)16(20)17(21)14(10)15-12(24-3)6-9(23-2)7-13(15)25-4/h6-8H,5H2,1-4H3. The van der Waals surface area contributed by atoms with Gasteiger partial charge in [-0.25, -0.2) is 18.0 Å². The summed E-state index contributed by atoms with van der Waals surface area (Å²) in [5.41, 5.74) is -1.10. The highest BCUT2D eigenvalue weighted by molar-refractivity contribution is 5.99. The second-order valence-electron chi connectivity index (χ2n) is 5.04. The van der Waals surface area contributed by atoms with Gasteiger partial charge < -0.3 is 18.9 Å². The van der Waals surface area contributed by atoms with Gasteiger partial charge in [0.2, 0.25) is 0 Å². The minimum absolute atomic E-state index is 0.0320. The normalized spacial score (nSPS) is 10.4. The summed E-state index contributed by atoms with van der Waals surface area (Å²) in [5.74, 6) is -5.42. The smallest absolute Gasteiger partial charge is 0.338 e. The van der Waals surface area contributed by atoms with Crippen molar-refractivity contribution in [1.82, 2.24) is 0 Å². The van der Waals surface area contributed by atoms with Gasteiger partial charge in [0.15, 0.2) is 17.5 Å². The van der Waals surface area contributed by atoms with E-state index >= 15 is 0 Å². The van der Waals surface area contributed by atoms with Gasteiger partial charge in [0.05, 0.1) is 39.1 Å². The van der Waals surface area contributed by atoms with Crippen molar-refractivity contribution in [2.75, 3.05) is 27.9 Å². The predicted octanol–water partition coefficient (Wildman–Crippen LogP) is 3.97. The number of halogens is 3. The molecule has 140 valence electrons. The van der Waals surface area contributed by atoms with Gasteiger partial charge in [-0.1, -0.05) is 0 Å². The van der Waals surface area contributed by atoms with Crippen molar-refractivity contribution in [1.29, 1.82) is 0 Å². The van der Waals surface area contributed by atoms with Crippen LogP contribution in [0.15, 0.2) is 18.2 Å². The summed E-state index contributed by atoms with van der Waals surface area (Å²) in [6.45, 7) is 1.50. The van der Waals surface area contributed by atoms with Crippen LogP contribution in [0.3, 0.4) is 0 Å². The Kier molecular flexibility index (Phi) is 5.97. The number of carbonyl (C=O) groups is 1. The number of benzene rings is 2. The van der Waals surface area contributed by atoms with Crippen molar-refractivity contribution in [3.8, 4) is 28.4 Å². The molecule has 0 aliphatic heterocycles. The molecule has 0 aromatic heterocycles. The lowest BCUT2D eigenvalue weighted by Crippen LogP contribution is -2.11. The van der Waals surface area contributed by atoms with E-state index in [0.29, 0.717) is 11.8 Å². The molecular weight excluding hydrogens is 353 g/mol. The highest BCUT2D eigenvalue weighted by Gasteiger charge is 2.29. The number of hydrogen-bond donors (Lipinski definition) is 0. The summed E-state index contributed by atoms with van der Waals surface area (Å²) in [4.78, 5) is 12.2. The molecule has 2 aromatic carbocycles. The number of esters is 1. The van der Waals surface area contributed by atoms with Crippen molar-refractivity contribution < 1.29 is 36.9 Å². The predicted molar refractivity (Wildman–Crippen MR) is 87.4 cm³/mol. The maximum atomic E-state index is 14.7. The Balaban J connectivity index is 2.91. The summed E-state index contributed by atoms with van der Waals surface area (Å²) >= 11 is 0. The molecule has 0 spiro atoms. The average Bonchev–Trinajstić information content (AvgIpc) is 2.65. The van der Waals surface area contributed by atoms with Crippen LogP contribution in [0.4, 0.5) is 13.2 Å². The van der Waals surface area contributed by atoms with Crippen LogP contribution in [-0.4, -0.2) is 33.9 Å². The third-order valence-electron chi connectivity index (χ3n) is 3.62. The number of rotatable bonds is 6. The number of ether oxygens (including phenoxy) is 4. The molecule has 5 nitrogen and oxygen atoms in total. The maximum absolute atomic E-state index is 14.7. The molecule has 0 atom stereocenters. The summed E-state index contributed by atoms with van der Waals surface area (Å²) < 4.78 is 62.6. The van der Waals surface area contributed by atoms with Crippen LogP contribution in [0.25, 0.3) is 11.1 Å². The first kappa shape index (κ1) is 19.4. The van der Waals surface area contributed by atoms with E-state index in [9.17, 15) is 18.0 Å². The quantitative estimate of drug-likeness (QED) is 0.569. The Hall–Kier alpha value is -2.90. The summed E-state index contributed by atoms with van der Waals surface area (Å²) in [7, 11) is 3.98. The zero-order valence-corrected chi connectivity index (χ0v) is 14.6. The Bertz CT molecular complexity index is 811. The molecule has 26 heavy (non-hydrogen) atoms. The molecule has 0 aliphatic rings.